The summed E-state index contributed by atoms with van der Waals surface area (Å²) in [7, 11) is 0. The Morgan fingerprint density at radius 1 is 1.25 bits per heavy atom. The summed E-state index contributed by atoms with van der Waals surface area (Å²) in [5.74, 6) is 0.562. The molecule has 1 saturated carbocycles. The minimum atomic E-state index is 0.153. The van der Waals surface area contributed by atoms with E-state index in [2.05, 4.69) is 17.4 Å². The van der Waals surface area contributed by atoms with Crippen molar-refractivity contribution < 1.29 is 9.53 Å². The van der Waals surface area contributed by atoms with Gasteiger partial charge in [0.15, 0.2) is 0 Å². The monoisotopic (exact) mass is 273 g/mol. The second-order valence-corrected chi connectivity index (χ2v) is 5.90. The maximum Gasteiger partial charge on any atom is 0.139 e. The summed E-state index contributed by atoms with van der Waals surface area (Å²) in [6, 6.07) is 10.8. The number of nitrogens with one attached hydrogen (secondary N) is 1. The number of hydrogen-bond acceptors (Lipinski definition) is 3. The Balaban J connectivity index is 1.69. The predicted molar refractivity (Wildman–Crippen MR) is 78.5 cm³/mol. The van der Waals surface area contributed by atoms with E-state index >= 15 is 0 Å². The Morgan fingerprint density at radius 2 is 2.05 bits per heavy atom. The lowest BCUT2D eigenvalue weighted by molar-refractivity contribution is -0.130. The first kappa shape index (κ1) is 13.8. The molecule has 1 aliphatic heterocycles. The number of benzene rings is 1. The molecule has 1 aromatic rings. The zero-order chi connectivity index (χ0) is 13.9. The molecule has 0 bridgehead atoms. The summed E-state index contributed by atoms with van der Waals surface area (Å²) in [5.41, 5.74) is 1.23. The lowest BCUT2D eigenvalue weighted by Crippen LogP contribution is -2.51. The van der Waals surface area contributed by atoms with E-state index in [4.69, 9.17) is 4.74 Å². The molecule has 1 aliphatic carbocycles. The van der Waals surface area contributed by atoms with Crippen molar-refractivity contribution in [1.29, 1.82) is 0 Å². The Kier molecular flexibility index (Phi) is 4.18. The van der Waals surface area contributed by atoms with Crippen LogP contribution in [0.15, 0.2) is 30.3 Å². The highest BCUT2D eigenvalue weighted by molar-refractivity contribution is 5.83. The number of hydrogen-bond donors (Lipinski definition) is 1. The molecular weight excluding hydrogens is 250 g/mol. The van der Waals surface area contributed by atoms with Crippen LogP contribution in [-0.4, -0.2) is 24.5 Å². The van der Waals surface area contributed by atoms with E-state index in [1.165, 1.54) is 5.56 Å². The molecule has 3 heteroatoms. The quantitative estimate of drug-likeness (QED) is 0.920. The lowest BCUT2D eigenvalue weighted by Gasteiger charge is -2.42. The zero-order valence-corrected chi connectivity index (χ0v) is 12.0. The topological polar surface area (TPSA) is 38.3 Å². The summed E-state index contributed by atoms with van der Waals surface area (Å²) in [6.07, 6.45) is 3.90. The number of carbonyl (C=O) groups excluding carboxylic acids is 1. The van der Waals surface area contributed by atoms with Crippen LogP contribution in [-0.2, 0) is 9.53 Å². The highest BCUT2D eigenvalue weighted by Crippen LogP contribution is 2.35. The van der Waals surface area contributed by atoms with Crippen molar-refractivity contribution in [2.75, 3.05) is 6.61 Å². The Bertz CT molecular complexity index is 459. The van der Waals surface area contributed by atoms with Gasteiger partial charge in [-0.15, -0.1) is 0 Å². The number of Topliss-reactive ketones (excluding diaryl/α,β-unsaturated/α-hetero) is 1. The lowest BCUT2D eigenvalue weighted by atomic mass is 9.75. The number of rotatable bonds is 3. The third kappa shape index (κ3) is 2.79. The van der Waals surface area contributed by atoms with Gasteiger partial charge in [0.05, 0.1) is 6.10 Å². The third-order valence-electron chi connectivity index (χ3n) is 4.64. The average Bonchev–Trinajstić information content (AvgIpc) is 2.49. The standard InChI is InChI=1S/C17H23NO2/c1-2-20-13-8-9-15-14(10-13)17(19)11-16(18-15)12-6-4-3-5-7-12/h3-7,13-16,18H,2,8-11H2,1H3. The van der Waals surface area contributed by atoms with Gasteiger partial charge in [-0.2, -0.15) is 0 Å². The van der Waals surface area contributed by atoms with Crippen molar-refractivity contribution in [2.24, 2.45) is 5.92 Å². The van der Waals surface area contributed by atoms with Gasteiger partial charge in [0, 0.05) is 31.0 Å². The van der Waals surface area contributed by atoms with Gasteiger partial charge in [-0.3, -0.25) is 4.79 Å². The molecule has 20 heavy (non-hydrogen) atoms. The summed E-state index contributed by atoms with van der Waals surface area (Å²) < 4.78 is 5.71. The van der Waals surface area contributed by atoms with Gasteiger partial charge in [-0.25, -0.2) is 0 Å². The van der Waals surface area contributed by atoms with Gasteiger partial charge < -0.3 is 10.1 Å². The third-order valence-corrected chi connectivity index (χ3v) is 4.64. The van der Waals surface area contributed by atoms with Crippen LogP contribution in [0.4, 0.5) is 0 Å². The fourth-order valence-corrected chi connectivity index (χ4v) is 3.64. The number of ether oxygens (including phenoxy) is 1. The molecule has 4 unspecified atom stereocenters. The minimum absolute atomic E-state index is 0.153. The van der Waals surface area contributed by atoms with Crippen LogP contribution in [0.2, 0.25) is 0 Å². The highest BCUT2D eigenvalue weighted by atomic mass is 16.5. The summed E-state index contributed by atoms with van der Waals surface area (Å²) in [4.78, 5) is 12.5. The Labute approximate surface area is 120 Å². The van der Waals surface area contributed by atoms with Crippen LogP contribution in [0.3, 0.4) is 0 Å². The van der Waals surface area contributed by atoms with Crippen LogP contribution in [0.5, 0.6) is 0 Å². The van der Waals surface area contributed by atoms with Crippen LogP contribution >= 0.6 is 0 Å². The fourth-order valence-electron chi connectivity index (χ4n) is 3.64. The number of carbonyl (C=O) groups is 1. The van der Waals surface area contributed by atoms with Gasteiger partial charge in [-0.05, 0) is 31.7 Å². The van der Waals surface area contributed by atoms with Gasteiger partial charge in [-0.1, -0.05) is 30.3 Å². The van der Waals surface area contributed by atoms with Crippen molar-refractivity contribution in [3.63, 3.8) is 0 Å². The first-order chi connectivity index (χ1) is 9.78. The molecule has 2 fully saturated rings. The largest absolute Gasteiger partial charge is 0.378 e. The summed E-state index contributed by atoms with van der Waals surface area (Å²) in [6.45, 7) is 2.77. The maximum atomic E-state index is 12.5. The molecule has 3 nitrogen and oxygen atoms in total. The molecule has 0 aromatic heterocycles. The fraction of sp³-hybridized carbons (Fsp3) is 0.588. The Hall–Kier alpha value is -1.19. The molecule has 1 saturated heterocycles. The van der Waals surface area contributed by atoms with E-state index in [-0.39, 0.29) is 18.1 Å². The Morgan fingerprint density at radius 3 is 2.80 bits per heavy atom. The molecule has 1 N–H and O–H groups in total. The van der Waals surface area contributed by atoms with E-state index in [1.807, 2.05) is 25.1 Å². The molecule has 2 aliphatic rings. The van der Waals surface area contributed by atoms with Gasteiger partial charge in [0.25, 0.3) is 0 Å². The van der Waals surface area contributed by atoms with E-state index in [1.54, 1.807) is 0 Å². The van der Waals surface area contributed by atoms with Gasteiger partial charge in [0.2, 0.25) is 0 Å². The molecule has 0 radical (unpaired) electrons. The minimum Gasteiger partial charge on any atom is -0.378 e. The van der Waals surface area contributed by atoms with Gasteiger partial charge in [0.1, 0.15) is 5.78 Å². The van der Waals surface area contributed by atoms with Crippen LogP contribution < -0.4 is 5.32 Å². The van der Waals surface area contributed by atoms with Gasteiger partial charge >= 0.3 is 0 Å². The molecule has 4 atom stereocenters. The van der Waals surface area contributed by atoms with Crippen LogP contribution in [0, 0.1) is 5.92 Å². The van der Waals surface area contributed by atoms with E-state index in [9.17, 15) is 4.79 Å². The second-order valence-electron chi connectivity index (χ2n) is 5.90. The predicted octanol–water partition coefficient (Wildman–Crippen LogP) is 2.86. The normalized spacial score (nSPS) is 33.8. The molecule has 108 valence electrons. The molecular formula is C17H23NO2. The van der Waals surface area contributed by atoms with E-state index in [0.29, 0.717) is 18.2 Å². The van der Waals surface area contributed by atoms with Crippen molar-refractivity contribution in [3.05, 3.63) is 35.9 Å². The van der Waals surface area contributed by atoms with Crippen LogP contribution in [0.25, 0.3) is 0 Å². The SMILES string of the molecule is CCOC1CCC2NC(c3ccccc3)CC(=O)C2C1. The number of ketones is 1. The molecule has 1 heterocycles. The molecule has 0 spiro atoms. The van der Waals surface area contributed by atoms with Crippen LogP contribution in [0.1, 0.15) is 44.2 Å². The first-order valence-electron chi connectivity index (χ1n) is 7.73. The molecule has 3 rings (SSSR count). The van der Waals surface area contributed by atoms with Crippen molar-refractivity contribution in [2.45, 2.75) is 50.8 Å². The summed E-state index contributed by atoms with van der Waals surface area (Å²) in [5, 5.41) is 3.69. The smallest absolute Gasteiger partial charge is 0.139 e. The molecule has 1 aromatic carbocycles. The second kappa shape index (κ2) is 6.06. The van der Waals surface area contributed by atoms with E-state index in [0.717, 1.165) is 25.9 Å². The summed E-state index contributed by atoms with van der Waals surface area (Å²) >= 11 is 0. The highest BCUT2D eigenvalue weighted by Gasteiger charge is 2.40. The number of piperidine rings is 1. The van der Waals surface area contributed by atoms with Crippen molar-refractivity contribution >= 4 is 5.78 Å². The van der Waals surface area contributed by atoms with E-state index < -0.39 is 0 Å². The average molecular weight is 273 g/mol. The maximum absolute atomic E-state index is 12.5. The van der Waals surface area contributed by atoms with Crippen molar-refractivity contribution in [1.82, 2.24) is 5.32 Å². The first-order valence-corrected chi connectivity index (χ1v) is 7.73. The molecule has 0 amide bonds. The number of fused-ring (bicyclic) bond motifs is 1. The van der Waals surface area contributed by atoms with Crippen molar-refractivity contribution in [3.8, 4) is 0 Å². The zero-order valence-electron chi connectivity index (χ0n) is 12.0.